The van der Waals surface area contributed by atoms with E-state index in [4.69, 9.17) is 37.9 Å². The first-order chi connectivity index (χ1) is 55.5. The molecule has 0 spiro atoms. The van der Waals surface area contributed by atoms with Gasteiger partial charge in [0.05, 0.1) is 0 Å². The Balaban J connectivity index is 1.19. The summed E-state index contributed by atoms with van der Waals surface area (Å²) in [5.74, 6) is 3.50. The molecule has 8 aromatic rings. The zero-order valence-electron chi connectivity index (χ0n) is 78.9. The van der Waals surface area contributed by atoms with Gasteiger partial charge in [0.25, 0.3) is 0 Å². The number of ether oxygens (including phenoxy) is 8. The van der Waals surface area contributed by atoms with Crippen molar-refractivity contribution >= 4 is 23.9 Å². The highest BCUT2D eigenvalue weighted by atomic mass is 16.6. The van der Waals surface area contributed by atoms with Crippen molar-refractivity contribution in [2.24, 2.45) is 5.41 Å². The van der Waals surface area contributed by atoms with E-state index in [2.05, 4.69) is 215 Å². The summed E-state index contributed by atoms with van der Waals surface area (Å²) in [4.78, 5) is 59.5. The predicted molar refractivity (Wildman–Crippen MR) is 486 cm³/mol. The zero-order valence-corrected chi connectivity index (χ0v) is 78.9. The number of hydrogen-bond donors (Lipinski definition) is 4. The SMILES string of the molecule is Cc1cc(Oc2c(C(C)(C)C)cc(CCC(=O)OCC(COC(=O)CCc3cc(C(C)(C)C)c(Oc4cc(C)c(O)c(C)c4)c(C(C)(C)C)c3)(COC(=O)CCc3cc(C(C)(C)C)c(Oc4cc(C)c(O)c(C)c4)c(C(C)(C)C)c3)COC(=O)CCc3cc(C(C)(C)C)c(Oc4cc(C)c(O)c(C)c4)c(C(C)(C)C)c3)cc2C(C)(C)C)cc(C)c1O. The van der Waals surface area contributed by atoms with Gasteiger partial charge in [-0.3, -0.25) is 19.2 Å². The molecule has 0 aliphatic carbocycles. The molecule has 0 atom stereocenters. The smallest absolute Gasteiger partial charge is 0.306 e. The number of esters is 4. The molecule has 4 N–H and O–H groups in total. The van der Waals surface area contributed by atoms with Crippen molar-refractivity contribution in [1.82, 2.24) is 0 Å². The molecule has 0 unspecified atom stereocenters. The van der Waals surface area contributed by atoms with Crippen LogP contribution in [0.15, 0.2) is 97.1 Å². The van der Waals surface area contributed by atoms with Gasteiger partial charge in [0.15, 0.2) is 0 Å². The highest BCUT2D eigenvalue weighted by Crippen LogP contribution is 2.50. The minimum Gasteiger partial charge on any atom is -0.507 e. The van der Waals surface area contributed by atoms with E-state index < -0.39 is 99.0 Å². The standard InChI is InChI=1S/C105H140O16/c1-61-41-73(42-62(2)89(61)110)118-93-77(97(9,10)11)49-69(50-78(93)98(12,13)14)33-37-85(106)114-57-105(58-115-86(107)38-34-70-51-79(99(15,16)17)94(80(52-70)100(18,19)20)119-74-43-63(3)90(111)64(4)44-74,59-116-87(108)39-35-71-53-81(101(21,22)23)95(82(54-71)102(24,25)26)120-75-45-65(5)91(112)66(6)46-75)60-117-88(109)40-36-72-55-83(103(27,28)29)96(84(56-72)104(30,31)32)121-76-47-67(7)92(113)68(8)48-76/h41-56,110-113H,33-40,57-60H2,1-32H3. The number of rotatable bonds is 28. The van der Waals surface area contributed by atoms with Crippen LogP contribution in [0.1, 0.15) is 303 Å². The summed E-state index contributed by atoms with van der Waals surface area (Å²) < 4.78 is 53.0. The Labute approximate surface area is 722 Å². The quantitative estimate of drug-likeness (QED) is 0.0264. The predicted octanol–water partition coefficient (Wildman–Crippen LogP) is 25.5. The number of phenols is 4. The molecular weight excluding hydrogens is 1520 g/mol. The van der Waals surface area contributed by atoms with Crippen LogP contribution in [0.5, 0.6) is 69.0 Å². The molecule has 16 heteroatoms. The molecule has 0 heterocycles. The molecule has 0 amide bonds. The zero-order chi connectivity index (χ0) is 90.7. The van der Waals surface area contributed by atoms with Gasteiger partial charge in [-0.2, -0.15) is 0 Å². The Kier molecular flexibility index (Phi) is 29.5. The molecule has 0 saturated carbocycles. The van der Waals surface area contributed by atoms with Crippen molar-refractivity contribution in [2.45, 2.75) is 316 Å². The number of hydrogen-bond acceptors (Lipinski definition) is 16. The summed E-state index contributed by atoms with van der Waals surface area (Å²) in [5, 5.41) is 42.9. The van der Waals surface area contributed by atoms with E-state index in [1.165, 1.54) is 0 Å². The lowest BCUT2D eigenvalue weighted by Crippen LogP contribution is -2.44. The van der Waals surface area contributed by atoms with Crippen LogP contribution in [-0.2, 0) is 107 Å². The highest BCUT2D eigenvalue weighted by molar-refractivity contribution is 5.73. The molecule has 0 fully saturated rings. The van der Waals surface area contributed by atoms with E-state index in [-0.39, 0.29) is 74.4 Å². The largest absolute Gasteiger partial charge is 0.507 e. The van der Waals surface area contributed by atoms with E-state index in [0.717, 1.165) is 66.8 Å². The first kappa shape index (κ1) is 96.5. The molecular formula is C105H140O16. The molecule has 0 radical (unpaired) electrons. The van der Waals surface area contributed by atoms with Gasteiger partial charge in [-0.25, -0.2) is 0 Å². The highest BCUT2D eigenvalue weighted by Gasteiger charge is 2.40. The van der Waals surface area contributed by atoms with Crippen molar-refractivity contribution in [3.8, 4) is 69.0 Å². The third-order valence-corrected chi connectivity index (χ3v) is 22.4. The maximum absolute atomic E-state index is 14.9. The second-order valence-electron chi connectivity index (χ2n) is 42.3. The first-order valence-electron chi connectivity index (χ1n) is 42.8. The van der Waals surface area contributed by atoms with E-state index in [1.54, 1.807) is 0 Å². The van der Waals surface area contributed by atoms with Crippen LogP contribution in [0.3, 0.4) is 0 Å². The Bertz CT molecular complexity index is 4270. The van der Waals surface area contributed by atoms with Crippen LogP contribution in [-0.4, -0.2) is 70.7 Å². The molecule has 0 saturated heterocycles. The molecule has 0 aliphatic rings. The molecule has 16 nitrogen and oxygen atoms in total. The number of carbonyl (C=O) groups is 4. The summed E-state index contributed by atoms with van der Waals surface area (Å²) in [6.07, 6.45) is 0.614. The maximum Gasteiger partial charge on any atom is 0.306 e. The van der Waals surface area contributed by atoms with Crippen LogP contribution in [0.2, 0.25) is 0 Å². The lowest BCUT2D eigenvalue weighted by Gasteiger charge is -2.32. The van der Waals surface area contributed by atoms with Crippen LogP contribution in [0.25, 0.3) is 0 Å². The van der Waals surface area contributed by atoms with Gasteiger partial charge in [0.1, 0.15) is 101 Å². The van der Waals surface area contributed by atoms with E-state index in [1.807, 2.05) is 104 Å². The van der Waals surface area contributed by atoms with Gasteiger partial charge in [-0.15, -0.1) is 0 Å². The normalized spacial score (nSPS) is 12.6. The Morgan fingerprint density at radius 1 is 0.231 bits per heavy atom. The van der Waals surface area contributed by atoms with Gasteiger partial charge >= 0.3 is 23.9 Å². The van der Waals surface area contributed by atoms with Crippen LogP contribution in [0.4, 0.5) is 0 Å². The molecule has 8 rings (SSSR count). The molecule has 8 aromatic carbocycles. The van der Waals surface area contributed by atoms with Crippen molar-refractivity contribution < 1.29 is 77.5 Å². The van der Waals surface area contributed by atoms with Crippen LogP contribution >= 0.6 is 0 Å². The van der Waals surface area contributed by atoms with E-state index >= 15 is 0 Å². The van der Waals surface area contributed by atoms with Gasteiger partial charge in [-0.1, -0.05) is 215 Å². The van der Waals surface area contributed by atoms with Crippen molar-refractivity contribution in [1.29, 1.82) is 0 Å². The van der Waals surface area contributed by atoms with Crippen molar-refractivity contribution in [2.75, 3.05) is 26.4 Å². The van der Waals surface area contributed by atoms with Gasteiger partial charge < -0.3 is 58.3 Å². The number of phenolic OH excluding ortho intramolecular Hbond substituents is 4. The maximum atomic E-state index is 14.9. The molecule has 0 aromatic heterocycles. The lowest BCUT2D eigenvalue weighted by atomic mass is 9.78. The van der Waals surface area contributed by atoms with Crippen LogP contribution in [0, 0.1) is 60.8 Å². The van der Waals surface area contributed by atoms with Crippen molar-refractivity contribution in [3.05, 3.63) is 208 Å². The third-order valence-electron chi connectivity index (χ3n) is 22.4. The Morgan fingerprint density at radius 2 is 0.364 bits per heavy atom. The van der Waals surface area contributed by atoms with Gasteiger partial charge in [-0.05, 0) is 240 Å². The summed E-state index contributed by atoms with van der Waals surface area (Å²) in [6, 6.07) is 31.2. The number of carbonyl (C=O) groups excluding carboxylic acids is 4. The van der Waals surface area contributed by atoms with Gasteiger partial charge in [0, 0.05) is 70.2 Å². The first-order valence-corrected chi connectivity index (χ1v) is 42.8. The van der Waals surface area contributed by atoms with E-state index in [0.29, 0.717) is 90.5 Å². The van der Waals surface area contributed by atoms with Gasteiger partial charge in [0.2, 0.25) is 0 Å². The molecule has 0 bridgehead atoms. The number of benzene rings is 8. The number of aromatic hydroxyl groups is 4. The van der Waals surface area contributed by atoms with Crippen LogP contribution < -0.4 is 18.9 Å². The monoisotopic (exact) mass is 1660 g/mol. The fraction of sp³-hybridized carbons (Fsp3) is 0.505. The summed E-state index contributed by atoms with van der Waals surface area (Å²) in [7, 11) is 0. The lowest BCUT2D eigenvalue weighted by molar-refractivity contribution is -0.170. The van der Waals surface area contributed by atoms with Crippen molar-refractivity contribution in [3.63, 3.8) is 0 Å². The molecule has 121 heavy (non-hydrogen) atoms. The third kappa shape index (κ3) is 25.1. The average Bonchev–Trinajstić information content (AvgIpc) is 0.781. The number of aryl methyl sites for hydroxylation is 12. The molecule has 0 aliphatic heterocycles. The fourth-order valence-corrected chi connectivity index (χ4v) is 15.1. The fourth-order valence-electron chi connectivity index (χ4n) is 15.1. The Morgan fingerprint density at radius 3 is 0.488 bits per heavy atom. The summed E-state index contributed by atoms with van der Waals surface area (Å²) >= 11 is 0. The minimum absolute atomic E-state index is 0.0966. The van der Waals surface area contributed by atoms with E-state index in [9.17, 15) is 39.6 Å². The minimum atomic E-state index is -1.67. The Hall–Kier alpha value is -9.96. The summed E-state index contributed by atoms with van der Waals surface area (Å²) in [6.45, 7) is 63.5. The topological polar surface area (TPSA) is 223 Å². The summed E-state index contributed by atoms with van der Waals surface area (Å²) in [5.41, 5.74) is 11.1. The second kappa shape index (κ2) is 37.0. The second-order valence-corrected chi connectivity index (χ2v) is 42.3. The molecule has 656 valence electrons. The average molecular weight is 1660 g/mol.